The summed E-state index contributed by atoms with van der Waals surface area (Å²) < 4.78 is 23.8. The normalized spacial score (nSPS) is 22.0. The zero-order valence-electron chi connectivity index (χ0n) is 23.3. The number of hydrogen-bond acceptors (Lipinski definition) is 8. The van der Waals surface area contributed by atoms with E-state index >= 15 is 0 Å². The first kappa shape index (κ1) is 31.1. The zero-order valence-corrected chi connectivity index (χ0v) is 25.4. The van der Waals surface area contributed by atoms with Crippen LogP contribution in [0.5, 0.6) is 17.2 Å². The molecule has 2 aromatic carbocycles. The highest BCUT2D eigenvalue weighted by Crippen LogP contribution is 2.32. The molecule has 1 fully saturated rings. The average molecular weight is 681 g/mol. The Morgan fingerprint density at radius 2 is 1.95 bits per heavy atom. The number of hydrogen-bond donors (Lipinski definition) is 3. The van der Waals surface area contributed by atoms with E-state index in [9.17, 15) is 19.8 Å². The first-order chi connectivity index (χ1) is 19.9. The Morgan fingerprint density at radius 1 is 1.15 bits per heavy atom. The Kier molecular flexibility index (Phi) is 11.3. The SMILES string of the molecule is COc1ccc(OC)c(CCN(C(=O)C2CCCO2)[C@@H]2CC(C(=O)NCCO)=C[C@H](Oc3ccccc3I)[C@H]2O)c1. The van der Waals surface area contributed by atoms with Crippen LogP contribution in [0.4, 0.5) is 0 Å². The van der Waals surface area contributed by atoms with Crippen LogP contribution in [0.2, 0.25) is 0 Å². The molecule has 41 heavy (non-hydrogen) atoms. The zero-order chi connectivity index (χ0) is 29.4. The van der Waals surface area contributed by atoms with Crippen LogP contribution < -0.4 is 19.5 Å². The number of carbonyl (C=O) groups is 2. The lowest BCUT2D eigenvalue weighted by atomic mass is 9.87. The molecule has 0 spiro atoms. The molecule has 2 aliphatic rings. The molecule has 11 heteroatoms. The molecule has 4 rings (SSSR count). The Morgan fingerprint density at radius 3 is 2.63 bits per heavy atom. The van der Waals surface area contributed by atoms with E-state index in [-0.39, 0.29) is 37.9 Å². The van der Waals surface area contributed by atoms with Gasteiger partial charge in [0, 0.05) is 31.7 Å². The highest BCUT2D eigenvalue weighted by molar-refractivity contribution is 14.1. The van der Waals surface area contributed by atoms with Crippen LogP contribution in [0.1, 0.15) is 24.8 Å². The van der Waals surface area contributed by atoms with E-state index in [4.69, 9.17) is 18.9 Å². The predicted molar refractivity (Wildman–Crippen MR) is 160 cm³/mol. The molecule has 2 aromatic rings. The number of rotatable bonds is 12. The topological polar surface area (TPSA) is 127 Å². The highest BCUT2D eigenvalue weighted by Gasteiger charge is 2.42. The van der Waals surface area contributed by atoms with Crippen molar-refractivity contribution < 1.29 is 38.7 Å². The monoisotopic (exact) mass is 680 g/mol. The second kappa shape index (κ2) is 14.9. The van der Waals surface area contributed by atoms with Crippen molar-refractivity contribution in [1.82, 2.24) is 10.2 Å². The molecule has 4 atom stereocenters. The smallest absolute Gasteiger partial charge is 0.252 e. The maximum Gasteiger partial charge on any atom is 0.252 e. The number of carbonyl (C=O) groups excluding carboxylic acids is 2. The van der Waals surface area contributed by atoms with Gasteiger partial charge in [0.25, 0.3) is 5.91 Å². The summed E-state index contributed by atoms with van der Waals surface area (Å²) in [5, 5.41) is 23.6. The van der Waals surface area contributed by atoms with Crippen LogP contribution in [0.15, 0.2) is 54.1 Å². The number of benzene rings is 2. The van der Waals surface area contributed by atoms with Crippen LogP contribution in [0, 0.1) is 3.57 Å². The van der Waals surface area contributed by atoms with Gasteiger partial charge in [-0.3, -0.25) is 9.59 Å². The maximum atomic E-state index is 13.9. The molecule has 1 unspecified atom stereocenters. The number of aliphatic hydroxyl groups excluding tert-OH is 2. The second-order valence-corrected chi connectivity index (χ2v) is 11.1. The lowest BCUT2D eigenvalue weighted by Crippen LogP contribution is -2.57. The molecule has 0 bridgehead atoms. The number of aliphatic hydroxyl groups is 2. The predicted octanol–water partition coefficient (Wildman–Crippen LogP) is 2.47. The minimum Gasteiger partial charge on any atom is -0.497 e. The standard InChI is InChI=1S/C30H37IN2O8/c1-38-21-9-10-24(39-2)19(16-21)11-13-33(30(37)26-8-5-15-40-26)23-17-20(29(36)32-12-14-34)18-27(28(23)35)41-25-7-4-3-6-22(25)31/h3-4,6-7,9-10,16,18,23,26-28,34-35H,5,8,11-15,17H2,1-2H3,(H,32,36)/t23-,26?,27+,28+/m1/s1. The lowest BCUT2D eigenvalue weighted by Gasteiger charge is -2.41. The Hall–Kier alpha value is -2.87. The summed E-state index contributed by atoms with van der Waals surface area (Å²) >= 11 is 2.15. The van der Waals surface area contributed by atoms with Gasteiger partial charge in [-0.25, -0.2) is 0 Å². The van der Waals surface area contributed by atoms with E-state index in [1.54, 1.807) is 37.3 Å². The molecule has 0 aromatic heterocycles. The largest absolute Gasteiger partial charge is 0.497 e. The van der Waals surface area contributed by atoms with E-state index in [0.717, 1.165) is 15.6 Å². The molecular weight excluding hydrogens is 643 g/mol. The van der Waals surface area contributed by atoms with Crippen LogP contribution >= 0.6 is 22.6 Å². The molecule has 0 saturated carbocycles. The van der Waals surface area contributed by atoms with Gasteiger partial charge in [-0.15, -0.1) is 0 Å². The van der Waals surface area contributed by atoms with Gasteiger partial charge in [0.05, 0.1) is 30.4 Å². The van der Waals surface area contributed by atoms with Crippen LogP contribution in [-0.2, 0) is 20.7 Å². The van der Waals surface area contributed by atoms with Gasteiger partial charge in [0.1, 0.15) is 35.6 Å². The molecule has 1 heterocycles. The molecule has 1 saturated heterocycles. The van der Waals surface area contributed by atoms with Crippen LogP contribution in [-0.4, -0.2) is 91.8 Å². The van der Waals surface area contributed by atoms with Crippen molar-refractivity contribution in [1.29, 1.82) is 0 Å². The third kappa shape index (κ3) is 7.70. The first-order valence-corrected chi connectivity index (χ1v) is 14.8. The number of para-hydroxylation sites is 1. The molecule has 10 nitrogen and oxygen atoms in total. The molecule has 1 aliphatic carbocycles. The molecule has 0 radical (unpaired) electrons. The maximum absolute atomic E-state index is 13.9. The molecule has 3 N–H and O–H groups in total. The van der Waals surface area contributed by atoms with Gasteiger partial charge in [0.2, 0.25) is 5.91 Å². The third-order valence-corrected chi connectivity index (χ3v) is 8.20. The highest BCUT2D eigenvalue weighted by atomic mass is 127. The summed E-state index contributed by atoms with van der Waals surface area (Å²) in [6.07, 6.45) is 0.843. The Bertz CT molecular complexity index is 1230. The molecular formula is C30H37IN2O8. The summed E-state index contributed by atoms with van der Waals surface area (Å²) in [5.74, 6) is 1.25. The van der Waals surface area contributed by atoms with Crippen LogP contribution in [0.25, 0.3) is 0 Å². The summed E-state index contributed by atoms with van der Waals surface area (Å²) in [6.45, 7) is 0.609. The lowest BCUT2D eigenvalue weighted by molar-refractivity contribution is -0.148. The van der Waals surface area contributed by atoms with Crippen molar-refractivity contribution >= 4 is 34.4 Å². The number of methoxy groups -OCH3 is 2. The van der Waals surface area contributed by atoms with Crippen LogP contribution in [0.3, 0.4) is 0 Å². The number of nitrogens with one attached hydrogen (secondary N) is 1. The van der Waals surface area contributed by atoms with Crippen molar-refractivity contribution in [3.05, 3.63) is 63.2 Å². The number of nitrogens with zero attached hydrogens (tertiary/aromatic N) is 1. The number of ether oxygens (including phenoxy) is 4. The number of halogens is 1. The fraction of sp³-hybridized carbons (Fsp3) is 0.467. The minimum atomic E-state index is -1.13. The van der Waals surface area contributed by atoms with E-state index in [0.29, 0.717) is 42.3 Å². The number of amides is 2. The van der Waals surface area contributed by atoms with Crippen molar-refractivity contribution in [2.24, 2.45) is 0 Å². The van der Waals surface area contributed by atoms with E-state index in [1.807, 2.05) is 30.3 Å². The van der Waals surface area contributed by atoms with Gasteiger partial charge in [-0.05, 0) is 83.8 Å². The summed E-state index contributed by atoms with van der Waals surface area (Å²) in [4.78, 5) is 28.6. The quantitative estimate of drug-likeness (QED) is 0.292. The fourth-order valence-corrected chi connectivity index (χ4v) is 5.70. The van der Waals surface area contributed by atoms with Gasteiger partial charge >= 0.3 is 0 Å². The summed E-state index contributed by atoms with van der Waals surface area (Å²) in [5.41, 5.74) is 1.21. The molecule has 222 valence electrons. The van der Waals surface area contributed by atoms with E-state index < -0.39 is 24.4 Å². The van der Waals surface area contributed by atoms with E-state index in [1.165, 1.54) is 0 Å². The van der Waals surface area contributed by atoms with Crippen molar-refractivity contribution in [2.75, 3.05) is 40.5 Å². The summed E-state index contributed by atoms with van der Waals surface area (Å²) in [6, 6.07) is 12.1. The van der Waals surface area contributed by atoms with Gasteiger partial charge in [0.15, 0.2) is 0 Å². The summed E-state index contributed by atoms with van der Waals surface area (Å²) in [7, 11) is 3.17. The minimum absolute atomic E-state index is 0.0830. The van der Waals surface area contributed by atoms with Crippen molar-refractivity contribution in [3.8, 4) is 17.2 Å². The fourth-order valence-electron chi connectivity index (χ4n) is 5.18. The van der Waals surface area contributed by atoms with Gasteiger partial charge in [-0.2, -0.15) is 0 Å². The van der Waals surface area contributed by atoms with Crippen molar-refractivity contribution in [3.63, 3.8) is 0 Å². The Labute approximate surface area is 253 Å². The molecule has 2 amide bonds. The van der Waals surface area contributed by atoms with Gasteiger partial charge in [-0.1, -0.05) is 12.1 Å². The van der Waals surface area contributed by atoms with Crippen molar-refractivity contribution in [2.45, 2.75) is 50.0 Å². The molecule has 1 aliphatic heterocycles. The third-order valence-electron chi connectivity index (χ3n) is 7.31. The first-order valence-electron chi connectivity index (χ1n) is 13.7. The second-order valence-electron chi connectivity index (χ2n) is 9.91. The Balaban J connectivity index is 1.67. The van der Waals surface area contributed by atoms with Gasteiger partial charge < -0.3 is 39.4 Å². The average Bonchev–Trinajstić information content (AvgIpc) is 3.53. The van der Waals surface area contributed by atoms with E-state index in [2.05, 4.69) is 27.9 Å².